The van der Waals surface area contributed by atoms with Gasteiger partial charge >= 0.3 is 0 Å². The maximum Gasteiger partial charge on any atom is 0.226 e. The van der Waals surface area contributed by atoms with Crippen molar-refractivity contribution < 1.29 is 14.4 Å². The Morgan fingerprint density at radius 3 is 2.92 bits per heavy atom. The molecule has 1 aromatic heterocycles. The zero-order valence-electron chi connectivity index (χ0n) is 16.1. The fraction of sp³-hybridized carbons (Fsp3) is 0.842. The van der Waals surface area contributed by atoms with Crippen LogP contribution in [0.25, 0.3) is 0 Å². The van der Waals surface area contributed by atoms with Crippen molar-refractivity contribution in [3.63, 3.8) is 0 Å². The summed E-state index contributed by atoms with van der Waals surface area (Å²) in [5.74, 6) is 2.23. The fourth-order valence-electron chi connectivity index (χ4n) is 4.33. The van der Waals surface area contributed by atoms with Crippen molar-refractivity contribution in [3.05, 3.63) is 11.7 Å². The highest BCUT2D eigenvalue weighted by Crippen LogP contribution is 2.39. The predicted octanol–water partition coefficient (Wildman–Crippen LogP) is 1.86. The molecule has 0 aliphatic carbocycles. The fourth-order valence-corrected chi connectivity index (χ4v) is 4.33. The van der Waals surface area contributed by atoms with E-state index in [2.05, 4.69) is 28.9 Å². The average molecular weight is 364 g/mol. The van der Waals surface area contributed by atoms with E-state index >= 15 is 0 Å². The lowest BCUT2D eigenvalue weighted by atomic mass is 9.73. The third kappa shape index (κ3) is 4.82. The molecule has 7 heteroatoms. The number of carbonyl (C=O) groups excluding carboxylic acids is 1. The number of carbonyl (C=O) groups is 1. The molecule has 7 nitrogen and oxygen atoms in total. The van der Waals surface area contributed by atoms with Gasteiger partial charge in [-0.15, -0.1) is 0 Å². The van der Waals surface area contributed by atoms with Crippen LogP contribution in [0.1, 0.15) is 57.7 Å². The number of hydrogen-bond donors (Lipinski definition) is 1. The molecular formula is C19H32N4O3. The number of rotatable bonds is 7. The van der Waals surface area contributed by atoms with Crippen molar-refractivity contribution in [1.29, 1.82) is 0 Å². The van der Waals surface area contributed by atoms with E-state index in [-0.39, 0.29) is 17.9 Å². The van der Waals surface area contributed by atoms with Gasteiger partial charge in [-0.1, -0.05) is 19.0 Å². The summed E-state index contributed by atoms with van der Waals surface area (Å²) in [7, 11) is 0. The van der Waals surface area contributed by atoms with Crippen LogP contribution in [-0.2, 0) is 17.8 Å². The normalized spacial score (nSPS) is 24.8. The Morgan fingerprint density at radius 2 is 2.15 bits per heavy atom. The molecule has 0 saturated carbocycles. The van der Waals surface area contributed by atoms with Crippen LogP contribution in [-0.4, -0.2) is 63.7 Å². The zero-order valence-corrected chi connectivity index (χ0v) is 16.1. The lowest BCUT2D eigenvalue weighted by molar-refractivity contribution is -0.139. The number of nitrogens with zero attached hydrogens (tertiary/aromatic N) is 4. The van der Waals surface area contributed by atoms with E-state index < -0.39 is 0 Å². The predicted molar refractivity (Wildman–Crippen MR) is 97.3 cm³/mol. The van der Waals surface area contributed by atoms with Crippen LogP contribution in [0.4, 0.5) is 0 Å². The molecule has 1 spiro atoms. The van der Waals surface area contributed by atoms with Crippen molar-refractivity contribution in [3.8, 4) is 0 Å². The molecule has 1 unspecified atom stereocenters. The Hall–Kier alpha value is -1.47. The van der Waals surface area contributed by atoms with Gasteiger partial charge in [0.15, 0.2) is 5.82 Å². The zero-order chi connectivity index (χ0) is 18.6. The quantitative estimate of drug-likeness (QED) is 0.795. The van der Waals surface area contributed by atoms with E-state index in [0.29, 0.717) is 31.8 Å². The van der Waals surface area contributed by atoms with E-state index in [9.17, 15) is 4.79 Å². The summed E-state index contributed by atoms with van der Waals surface area (Å²) >= 11 is 0. The van der Waals surface area contributed by atoms with Crippen LogP contribution in [0.15, 0.2) is 4.52 Å². The second-order valence-electron chi connectivity index (χ2n) is 8.41. The molecule has 2 aliphatic rings. The van der Waals surface area contributed by atoms with Crippen LogP contribution in [0.2, 0.25) is 0 Å². The molecule has 2 aliphatic heterocycles. The van der Waals surface area contributed by atoms with Crippen LogP contribution < -0.4 is 0 Å². The van der Waals surface area contributed by atoms with Gasteiger partial charge in [0, 0.05) is 44.5 Å². The number of aromatic nitrogens is 2. The van der Waals surface area contributed by atoms with Gasteiger partial charge in [-0.05, 0) is 38.1 Å². The molecular weight excluding hydrogens is 332 g/mol. The molecule has 2 fully saturated rings. The highest BCUT2D eigenvalue weighted by atomic mass is 16.5. The van der Waals surface area contributed by atoms with Gasteiger partial charge in [-0.3, -0.25) is 9.69 Å². The summed E-state index contributed by atoms with van der Waals surface area (Å²) in [6.07, 6.45) is 5.37. The lowest BCUT2D eigenvalue weighted by Crippen LogP contribution is -2.54. The van der Waals surface area contributed by atoms with Crippen LogP contribution in [0, 0.1) is 11.3 Å². The van der Waals surface area contributed by atoms with Gasteiger partial charge in [-0.2, -0.15) is 4.98 Å². The number of aliphatic hydroxyl groups is 1. The first kappa shape index (κ1) is 19.3. The SMILES string of the molecule is CC(C)Cc1nc(CN2CCCC3(CCC(=O)N(CCCO)C3)C2)no1. The molecule has 26 heavy (non-hydrogen) atoms. The largest absolute Gasteiger partial charge is 0.396 e. The van der Waals surface area contributed by atoms with Crippen molar-refractivity contribution in [2.75, 3.05) is 32.8 Å². The first-order valence-electron chi connectivity index (χ1n) is 9.92. The summed E-state index contributed by atoms with van der Waals surface area (Å²) in [5.41, 5.74) is 0.173. The highest BCUT2D eigenvalue weighted by molar-refractivity contribution is 5.77. The van der Waals surface area contributed by atoms with Gasteiger partial charge in [-0.25, -0.2) is 0 Å². The minimum absolute atomic E-state index is 0.138. The first-order chi connectivity index (χ1) is 12.5. The smallest absolute Gasteiger partial charge is 0.226 e. The van der Waals surface area contributed by atoms with Gasteiger partial charge in [0.05, 0.1) is 6.54 Å². The molecule has 0 aromatic carbocycles. The third-order valence-corrected chi connectivity index (χ3v) is 5.53. The summed E-state index contributed by atoms with van der Waals surface area (Å²) < 4.78 is 5.37. The van der Waals surface area contributed by atoms with E-state index in [1.165, 1.54) is 0 Å². The van der Waals surface area contributed by atoms with E-state index in [1.807, 2.05) is 4.90 Å². The Balaban J connectivity index is 1.59. The maximum atomic E-state index is 12.2. The molecule has 1 atom stereocenters. The standard InChI is InChI=1S/C19H32N4O3/c1-15(2)11-17-20-16(21-26-17)12-22-8-3-6-19(13-22)7-5-18(25)23(14-19)9-4-10-24/h15,24H,3-14H2,1-2H3. The number of likely N-dealkylation sites (tertiary alicyclic amines) is 2. The molecule has 3 rings (SSSR count). The second-order valence-corrected chi connectivity index (χ2v) is 8.41. The van der Waals surface area contributed by atoms with Crippen molar-refractivity contribution in [1.82, 2.24) is 19.9 Å². The Kier molecular flexibility index (Phi) is 6.29. The van der Waals surface area contributed by atoms with Crippen molar-refractivity contribution in [2.45, 2.75) is 58.9 Å². The molecule has 146 valence electrons. The van der Waals surface area contributed by atoms with Crippen LogP contribution >= 0.6 is 0 Å². The first-order valence-corrected chi connectivity index (χ1v) is 9.92. The number of hydrogen-bond acceptors (Lipinski definition) is 6. The van der Waals surface area contributed by atoms with Crippen LogP contribution in [0.3, 0.4) is 0 Å². The molecule has 1 amide bonds. The Bertz CT molecular complexity index is 603. The van der Waals surface area contributed by atoms with Gasteiger partial charge in [0.25, 0.3) is 0 Å². The molecule has 0 radical (unpaired) electrons. The molecule has 3 heterocycles. The van der Waals surface area contributed by atoms with E-state index in [4.69, 9.17) is 9.63 Å². The lowest BCUT2D eigenvalue weighted by Gasteiger charge is -2.48. The maximum absolute atomic E-state index is 12.2. The third-order valence-electron chi connectivity index (χ3n) is 5.53. The van der Waals surface area contributed by atoms with Crippen molar-refractivity contribution >= 4 is 5.91 Å². The molecule has 1 N–H and O–H groups in total. The summed E-state index contributed by atoms with van der Waals surface area (Å²) in [5, 5.41) is 13.2. The summed E-state index contributed by atoms with van der Waals surface area (Å²) in [6, 6.07) is 0. The Morgan fingerprint density at radius 1 is 1.31 bits per heavy atom. The number of aliphatic hydroxyl groups excluding tert-OH is 1. The van der Waals surface area contributed by atoms with Gasteiger partial charge in [0.1, 0.15) is 0 Å². The minimum Gasteiger partial charge on any atom is -0.396 e. The van der Waals surface area contributed by atoms with Gasteiger partial charge in [0.2, 0.25) is 11.8 Å². The van der Waals surface area contributed by atoms with Crippen molar-refractivity contribution in [2.24, 2.45) is 11.3 Å². The summed E-state index contributed by atoms with van der Waals surface area (Å²) in [6.45, 7) is 8.64. The monoisotopic (exact) mass is 364 g/mol. The molecule has 0 bridgehead atoms. The van der Waals surface area contributed by atoms with E-state index in [1.54, 1.807) is 0 Å². The minimum atomic E-state index is 0.138. The van der Waals surface area contributed by atoms with E-state index in [0.717, 1.165) is 57.0 Å². The second kappa shape index (κ2) is 8.48. The molecule has 2 saturated heterocycles. The van der Waals surface area contributed by atoms with Crippen LogP contribution in [0.5, 0.6) is 0 Å². The Labute approximate surface area is 155 Å². The summed E-state index contributed by atoms with van der Waals surface area (Å²) in [4.78, 5) is 21.1. The topological polar surface area (TPSA) is 82.7 Å². The average Bonchev–Trinajstić information content (AvgIpc) is 3.02. The van der Waals surface area contributed by atoms with Gasteiger partial charge < -0.3 is 14.5 Å². The number of amides is 1. The number of piperidine rings is 2. The molecule has 1 aromatic rings. The highest BCUT2D eigenvalue weighted by Gasteiger charge is 2.41.